The van der Waals surface area contributed by atoms with Crippen LogP contribution in [0.1, 0.15) is 28.2 Å². The van der Waals surface area contributed by atoms with Crippen LogP contribution in [-0.2, 0) is 16.0 Å². The summed E-state index contributed by atoms with van der Waals surface area (Å²) in [5.74, 6) is -0.0115. The molecule has 0 spiro atoms. The van der Waals surface area contributed by atoms with Crippen LogP contribution in [0.3, 0.4) is 0 Å². The van der Waals surface area contributed by atoms with Crippen LogP contribution in [0.2, 0.25) is 5.02 Å². The van der Waals surface area contributed by atoms with E-state index >= 15 is 0 Å². The maximum atomic E-state index is 13.2. The highest BCUT2D eigenvalue weighted by atomic mass is 79.9. The van der Waals surface area contributed by atoms with Crippen molar-refractivity contribution in [2.24, 2.45) is 0 Å². The standard InChI is InChI=1S/C24H18BrClN2O3S/c1-13-3-8-20(14(2)9-13)28-23(30)18(22(29)27-24(28)32)11-17-12-19(25)21(31-17)10-15-4-6-16(26)7-5-15/h3-9,11-12H,10H2,1-2H3,(H,27,29,32)/b18-11+. The minimum Gasteiger partial charge on any atom is -0.460 e. The first kappa shape index (κ1) is 22.5. The first-order valence-electron chi connectivity index (χ1n) is 9.74. The molecule has 3 aromatic rings. The summed E-state index contributed by atoms with van der Waals surface area (Å²) in [6, 6.07) is 14.8. The highest BCUT2D eigenvalue weighted by Crippen LogP contribution is 2.29. The van der Waals surface area contributed by atoms with Crippen LogP contribution in [-0.4, -0.2) is 16.9 Å². The van der Waals surface area contributed by atoms with Gasteiger partial charge in [0.25, 0.3) is 11.8 Å². The van der Waals surface area contributed by atoms with E-state index in [1.54, 1.807) is 6.07 Å². The Hall–Kier alpha value is -2.74. The fourth-order valence-corrected chi connectivity index (χ4v) is 4.33. The molecule has 2 heterocycles. The third kappa shape index (κ3) is 4.55. The summed E-state index contributed by atoms with van der Waals surface area (Å²) < 4.78 is 6.66. The molecule has 1 aromatic heterocycles. The normalized spacial score (nSPS) is 15.4. The van der Waals surface area contributed by atoms with Gasteiger partial charge in [-0.05, 0) is 83.5 Å². The van der Waals surface area contributed by atoms with Crippen molar-refractivity contribution < 1.29 is 14.0 Å². The van der Waals surface area contributed by atoms with Crippen LogP contribution in [0, 0.1) is 13.8 Å². The maximum absolute atomic E-state index is 13.2. The molecule has 5 nitrogen and oxygen atoms in total. The number of hydrogen-bond donors (Lipinski definition) is 1. The van der Waals surface area contributed by atoms with Crippen LogP contribution >= 0.6 is 39.7 Å². The topological polar surface area (TPSA) is 62.6 Å². The monoisotopic (exact) mass is 528 g/mol. The van der Waals surface area contributed by atoms with Crippen molar-refractivity contribution in [3.05, 3.63) is 91.8 Å². The molecule has 0 saturated carbocycles. The molecule has 0 radical (unpaired) electrons. The maximum Gasteiger partial charge on any atom is 0.270 e. The second-order valence-electron chi connectivity index (χ2n) is 7.47. The summed E-state index contributed by atoms with van der Waals surface area (Å²) in [5.41, 5.74) is 3.53. The number of carbonyl (C=O) groups is 2. The molecule has 1 fully saturated rings. The van der Waals surface area contributed by atoms with Crippen molar-refractivity contribution in [1.29, 1.82) is 0 Å². The van der Waals surface area contributed by atoms with Gasteiger partial charge in [-0.1, -0.05) is 41.4 Å². The van der Waals surface area contributed by atoms with Gasteiger partial charge in [-0.15, -0.1) is 0 Å². The zero-order valence-corrected chi connectivity index (χ0v) is 20.4. The van der Waals surface area contributed by atoms with E-state index in [2.05, 4.69) is 21.2 Å². The number of furan rings is 1. The van der Waals surface area contributed by atoms with Crippen molar-refractivity contribution in [3.63, 3.8) is 0 Å². The number of rotatable bonds is 4. The highest BCUT2D eigenvalue weighted by Gasteiger charge is 2.35. The van der Waals surface area contributed by atoms with Gasteiger partial charge in [0.15, 0.2) is 5.11 Å². The molecule has 2 amide bonds. The van der Waals surface area contributed by atoms with E-state index in [-0.39, 0.29) is 10.7 Å². The second kappa shape index (κ2) is 9.02. The van der Waals surface area contributed by atoms with Crippen LogP contribution in [0.4, 0.5) is 5.69 Å². The summed E-state index contributed by atoms with van der Waals surface area (Å²) in [6.07, 6.45) is 1.96. The van der Waals surface area contributed by atoms with Gasteiger partial charge in [0.1, 0.15) is 17.1 Å². The van der Waals surface area contributed by atoms with Crippen LogP contribution in [0.25, 0.3) is 6.08 Å². The SMILES string of the molecule is Cc1ccc(N2C(=O)/C(=C/c3cc(Br)c(Cc4ccc(Cl)cc4)o3)C(=O)NC2=S)c(C)c1. The number of nitrogens with zero attached hydrogens (tertiary/aromatic N) is 1. The molecule has 8 heteroatoms. The Morgan fingerprint density at radius 1 is 1.12 bits per heavy atom. The highest BCUT2D eigenvalue weighted by molar-refractivity contribution is 9.10. The lowest BCUT2D eigenvalue weighted by Crippen LogP contribution is -2.54. The summed E-state index contributed by atoms with van der Waals surface area (Å²) in [5, 5.41) is 3.31. The quantitative estimate of drug-likeness (QED) is 0.266. The minimum absolute atomic E-state index is 0.0492. The summed E-state index contributed by atoms with van der Waals surface area (Å²) in [7, 11) is 0. The van der Waals surface area contributed by atoms with Gasteiger partial charge in [0.05, 0.1) is 10.2 Å². The van der Waals surface area contributed by atoms with Crippen molar-refractivity contribution in [2.45, 2.75) is 20.3 Å². The Morgan fingerprint density at radius 3 is 2.53 bits per heavy atom. The van der Waals surface area contributed by atoms with Gasteiger partial charge >= 0.3 is 0 Å². The van der Waals surface area contributed by atoms with Crippen molar-refractivity contribution >= 4 is 68.4 Å². The van der Waals surface area contributed by atoms with Gasteiger partial charge in [-0.25, -0.2) is 0 Å². The third-order valence-corrected chi connectivity index (χ3v) is 6.24. The number of hydrogen-bond acceptors (Lipinski definition) is 4. The molecule has 0 unspecified atom stereocenters. The Labute approximate surface area is 204 Å². The molecule has 0 atom stereocenters. The smallest absolute Gasteiger partial charge is 0.270 e. The summed E-state index contributed by atoms with van der Waals surface area (Å²) in [6.45, 7) is 3.86. The molecule has 162 valence electrons. The Balaban J connectivity index is 1.65. The zero-order chi connectivity index (χ0) is 23.0. The molecule has 4 rings (SSSR count). The molecule has 32 heavy (non-hydrogen) atoms. The van der Waals surface area contributed by atoms with Crippen LogP contribution < -0.4 is 10.2 Å². The molecule has 1 saturated heterocycles. The van der Waals surface area contributed by atoms with E-state index in [4.69, 9.17) is 28.2 Å². The van der Waals surface area contributed by atoms with E-state index in [0.717, 1.165) is 21.2 Å². The fraction of sp³-hybridized carbons (Fsp3) is 0.125. The zero-order valence-electron chi connectivity index (χ0n) is 17.2. The number of aryl methyl sites for hydroxylation is 2. The Bertz CT molecular complexity index is 1280. The number of nitrogens with one attached hydrogen (secondary N) is 1. The lowest BCUT2D eigenvalue weighted by molar-refractivity contribution is -0.122. The Kier molecular flexibility index (Phi) is 6.33. The van der Waals surface area contributed by atoms with E-state index < -0.39 is 11.8 Å². The molecule has 1 aliphatic heterocycles. The largest absolute Gasteiger partial charge is 0.460 e. The molecule has 1 N–H and O–H groups in total. The predicted octanol–water partition coefficient (Wildman–Crippen LogP) is 5.73. The second-order valence-corrected chi connectivity index (χ2v) is 9.15. The van der Waals surface area contributed by atoms with Crippen molar-refractivity contribution in [1.82, 2.24) is 5.32 Å². The number of anilines is 1. The van der Waals surface area contributed by atoms with E-state index in [1.807, 2.05) is 56.3 Å². The number of amides is 2. The first-order chi connectivity index (χ1) is 15.2. The predicted molar refractivity (Wildman–Crippen MR) is 133 cm³/mol. The molecule has 0 aliphatic carbocycles. The van der Waals surface area contributed by atoms with Gasteiger partial charge < -0.3 is 4.42 Å². The van der Waals surface area contributed by atoms with Gasteiger partial charge in [0, 0.05) is 11.4 Å². The first-order valence-corrected chi connectivity index (χ1v) is 11.3. The van der Waals surface area contributed by atoms with Crippen molar-refractivity contribution in [2.75, 3.05) is 4.90 Å². The van der Waals surface area contributed by atoms with Gasteiger partial charge in [-0.3, -0.25) is 19.8 Å². The molecule has 1 aliphatic rings. The lowest BCUT2D eigenvalue weighted by atomic mass is 10.1. The lowest BCUT2D eigenvalue weighted by Gasteiger charge is -2.30. The summed E-state index contributed by atoms with van der Waals surface area (Å²) in [4.78, 5) is 27.2. The fourth-order valence-electron chi connectivity index (χ4n) is 3.48. The summed E-state index contributed by atoms with van der Waals surface area (Å²) >= 11 is 14.7. The third-order valence-electron chi connectivity index (χ3n) is 5.04. The molecule has 0 bridgehead atoms. The number of carbonyl (C=O) groups excluding carboxylic acids is 2. The van der Waals surface area contributed by atoms with Crippen LogP contribution in [0.15, 0.2) is 63.0 Å². The molecular formula is C24H18BrClN2O3S. The van der Waals surface area contributed by atoms with E-state index in [1.165, 1.54) is 11.0 Å². The average molecular weight is 530 g/mol. The van der Waals surface area contributed by atoms with E-state index in [9.17, 15) is 9.59 Å². The Morgan fingerprint density at radius 2 is 1.84 bits per heavy atom. The van der Waals surface area contributed by atoms with Crippen LogP contribution in [0.5, 0.6) is 0 Å². The molecule has 2 aromatic carbocycles. The number of halogens is 2. The minimum atomic E-state index is -0.562. The number of benzene rings is 2. The van der Waals surface area contributed by atoms with Gasteiger partial charge in [0.2, 0.25) is 0 Å². The van der Waals surface area contributed by atoms with Gasteiger partial charge in [-0.2, -0.15) is 0 Å². The average Bonchev–Trinajstić information content (AvgIpc) is 3.07. The number of thiocarbonyl (C=S) groups is 1. The van der Waals surface area contributed by atoms with Crippen molar-refractivity contribution in [3.8, 4) is 0 Å². The van der Waals surface area contributed by atoms with E-state index in [0.29, 0.717) is 28.7 Å². The molecular weight excluding hydrogens is 512 g/mol.